The second-order valence-electron chi connectivity index (χ2n) is 9.42. The number of rotatable bonds is 6. The first-order valence-electron chi connectivity index (χ1n) is 11.9. The van der Waals surface area contributed by atoms with Crippen LogP contribution in [0.3, 0.4) is 0 Å². The number of carbonyl (C=O) groups is 1. The number of aromatic nitrogens is 3. The molecule has 0 bridgehead atoms. The number of nitrogens with zero attached hydrogens (tertiary/aromatic N) is 2. The van der Waals surface area contributed by atoms with Crippen LogP contribution in [0.25, 0.3) is 27.9 Å². The van der Waals surface area contributed by atoms with Crippen LogP contribution in [0.2, 0.25) is 0 Å². The maximum atomic E-state index is 14.7. The number of amides is 1. The number of benzene rings is 2. The van der Waals surface area contributed by atoms with Crippen molar-refractivity contribution in [1.29, 1.82) is 0 Å². The summed E-state index contributed by atoms with van der Waals surface area (Å²) in [7, 11) is 0. The number of carbonyl (C=O) groups excluding carboxylic acids is 1. The van der Waals surface area contributed by atoms with E-state index >= 15 is 0 Å². The van der Waals surface area contributed by atoms with Gasteiger partial charge in [-0.25, -0.2) is 14.4 Å². The number of halogens is 1. The standard InChI is InChI=1S/C28H27FN4O4/c1-28(2,36)17-6-7-19(22(29)12-17)27(35)33-23-5-3-4-18(21(23)14-34)25-20-13-24(16-8-10-37-11-9-16)32-26(20)31-15-30-25/h3-8,12-13,15,34,36H,9-11,14H2,1-2H3,(H,33,35)(H,30,31,32). The monoisotopic (exact) mass is 502 g/mol. The van der Waals surface area contributed by atoms with Crippen molar-refractivity contribution >= 4 is 28.2 Å². The highest BCUT2D eigenvalue weighted by atomic mass is 19.1. The Bertz CT molecular complexity index is 1520. The first-order chi connectivity index (χ1) is 17.8. The lowest BCUT2D eigenvalue weighted by Gasteiger charge is -2.18. The fraction of sp³-hybridized carbons (Fsp3) is 0.250. The molecule has 1 amide bonds. The van der Waals surface area contributed by atoms with Crippen LogP contribution in [0.1, 0.15) is 47.4 Å². The molecule has 2 aromatic heterocycles. The van der Waals surface area contributed by atoms with E-state index in [1.54, 1.807) is 26.0 Å². The van der Waals surface area contributed by atoms with Gasteiger partial charge in [-0.2, -0.15) is 0 Å². The van der Waals surface area contributed by atoms with Gasteiger partial charge in [0.25, 0.3) is 5.91 Å². The number of nitrogens with one attached hydrogen (secondary N) is 2. The number of hydrogen-bond acceptors (Lipinski definition) is 6. The minimum Gasteiger partial charge on any atom is -0.392 e. The van der Waals surface area contributed by atoms with Crippen molar-refractivity contribution in [2.24, 2.45) is 0 Å². The Morgan fingerprint density at radius 1 is 1.22 bits per heavy atom. The summed E-state index contributed by atoms with van der Waals surface area (Å²) in [4.78, 5) is 25.1. The molecule has 1 aliphatic heterocycles. The molecule has 190 valence electrons. The third kappa shape index (κ3) is 4.89. The Balaban J connectivity index is 1.51. The molecule has 5 rings (SSSR count). The van der Waals surface area contributed by atoms with Gasteiger partial charge < -0.3 is 25.3 Å². The number of anilines is 1. The Labute approximate surface area is 212 Å². The third-order valence-corrected chi connectivity index (χ3v) is 6.49. The topological polar surface area (TPSA) is 120 Å². The van der Waals surface area contributed by atoms with Gasteiger partial charge in [-0.15, -0.1) is 0 Å². The fourth-order valence-electron chi connectivity index (χ4n) is 4.46. The minimum atomic E-state index is -1.24. The second-order valence-corrected chi connectivity index (χ2v) is 9.42. The van der Waals surface area contributed by atoms with Crippen molar-refractivity contribution in [3.63, 3.8) is 0 Å². The van der Waals surface area contributed by atoms with E-state index in [0.717, 1.165) is 29.1 Å². The highest BCUT2D eigenvalue weighted by Crippen LogP contribution is 2.34. The van der Waals surface area contributed by atoms with Crippen molar-refractivity contribution in [3.8, 4) is 11.3 Å². The number of H-pyrrole nitrogens is 1. The van der Waals surface area contributed by atoms with E-state index in [-0.39, 0.29) is 12.2 Å². The molecule has 0 fully saturated rings. The number of ether oxygens (including phenoxy) is 1. The summed E-state index contributed by atoms with van der Waals surface area (Å²) in [6, 6.07) is 11.2. The van der Waals surface area contributed by atoms with Crippen LogP contribution >= 0.6 is 0 Å². The molecule has 0 radical (unpaired) electrons. The average molecular weight is 503 g/mol. The molecule has 9 heteroatoms. The molecule has 0 aliphatic carbocycles. The van der Waals surface area contributed by atoms with Gasteiger partial charge in [0.1, 0.15) is 17.8 Å². The van der Waals surface area contributed by atoms with Crippen LogP contribution < -0.4 is 5.32 Å². The molecule has 4 aromatic rings. The molecule has 0 atom stereocenters. The van der Waals surface area contributed by atoms with Crippen molar-refractivity contribution in [2.75, 3.05) is 18.5 Å². The van der Waals surface area contributed by atoms with Gasteiger partial charge >= 0.3 is 0 Å². The van der Waals surface area contributed by atoms with E-state index in [1.165, 1.54) is 18.5 Å². The minimum absolute atomic E-state index is 0.174. The van der Waals surface area contributed by atoms with Crippen molar-refractivity contribution in [1.82, 2.24) is 15.0 Å². The fourth-order valence-corrected chi connectivity index (χ4v) is 4.46. The molecule has 0 unspecified atom stereocenters. The highest BCUT2D eigenvalue weighted by molar-refractivity contribution is 6.05. The van der Waals surface area contributed by atoms with Crippen LogP contribution in [0.15, 0.2) is 54.9 Å². The molecular weight excluding hydrogens is 475 g/mol. The SMILES string of the molecule is CC(C)(O)c1ccc(C(=O)Nc2cccc(-c3ncnc4[nH]c(C5=CCOCC5)cc34)c2CO)c(F)c1. The van der Waals surface area contributed by atoms with Crippen LogP contribution in [-0.4, -0.2) is 44.3 Å². The van der Waals surface area contributed by atoms with Crippen molar-refractivity contribution in [2.45, 2.75) is 32.5 Å². The maximum Gasteiger partial charge on any atom is 0.258 e. The largest absolute Gasteiger partial charge is 0.392 e. The Morgan fingerprint density at radius 3 is 2.76 bits per heavy atom. The van der Waals surface area contributed by atoms with Gasteiger partial charge in [0.2, 0.25) is 0 Å². The molecule has 0 spiro atoms. The zero-order valence-corrected chi connectivity index (χ0v) is 20.5. The predicted octanol–water partition coefficient (Wildman–Crippen LogP) is 4.54. The predicted molar refractivity (Wildman–Crippen MR) is 138 cm³/mol. The van der Waals surface area contributed by atoms with Crippen LogP contribution in [0.4, 0.5) is 10.1 Å². The summed E-state index contributed by atoms with van der Waals surface area (Å²) in [5, 5.41) is 23.9. The maximum absolute atomic E-state index is 14.7. The first-order valence-corrected chi connectivity index (χ1v) is 11.9. The van der Waals surface area contributed by atoms with E-state index in [0.29, 0.717) is 46.9 Å². The molecule has 2 aromatic carbocycles. The first kappa shape index (κ1) is 24.8. The van der Waals surface area contributed by atoms with Gasteiger partial charge in [-0.3, -0.25) is 4.79 Å². The van der Waals surface area contributed by atoms with Crippen molar-refractivity contribution in [3.05, 3.63) is 83.1 Å². The molecular formula is C28H27FN4O4. The number of hydrogen-bond donors (Lipinski definition) is 4. The summed E-state index contributed by atoms with van der Waals surface area (Å²) in [5.74, 6) is -1.42. The van der Waals surface area contributed by atoms with Crippen LogP contribution in [-0.2, 0) is 16.9 Å². The highest BCUT2D eigenvalue weighted by Gasteiger charge is 2.22. The number of aliphatic hydroxyl groups excluding tert-OH is 1. The molecule has 3 heterocycles. The van der Waals surface area contributed by atoms with E-state index in [9.17, 15) is 19.4 Å². The Morgan fingerprint density at radius 2 is 2.05 bits per heavy atom. The Hall–Kier alpha value is -3.92. The van der Waals surface area contributed by atoms with E-state index in [2.05, 4.69) is 20.3 Å². The van der Waals surface area contributed by atoms with Gasteiger partial charge in [0.15, 0.2) is 0 Å². The van der Waals surface area contributed by atoms with Crippen LogP contribution in [0, 0.1) is 5.82 Å². The normalized spacial score (nSPS) is 14.0. The summed E-state index contributed by atoms with van der Waals surface area (Å²) < 4.78 is 20.1. The smallest absolute Gasteiger partial charge is 0.258 e. The number of fused-ring (bicyclic) bond motifs is 1. The summed E-state index contributed by atoms with van der Waals surface area (Å²) in [6.07, 6.45) is 4.26. The zero-order chi connectivity index (χ0) is 26.2. The average Bonchev–Trinajstić information content (AvgIpc) is 3.33. The third-order valence-electron chi connectivity index (χ3n) is 6.49. The molecule has 0 saturated heterocycles. The molecule has 37 heavy (non-hydrogen) atoms. The molecule has 1 aliphatic rings. The summed E-state index contributed by atoms with van der Waals surface area (Å²) in [6.45, 7) is 3.91. The lowest BCUT2D eigenvalue weighted by molar-refractivity contribution is 0.0780. The summed E-state index contributed by atoms with van der Waals surface area (Å²) >= 11 is 0. The number of aliphatic hydroxyl groups is 2. The van der Waals surface area contributed by atoms with Crippen LogP contribution in [0.5, 0.6) is 0 Å². The Kier molecular flexibility index (Phi) is 6.59. The van der Waals surface area contributed by atoms with E-state index < -0.39 is 17.3 Å². The van der Waals surface area contributed by atoms with Gasteiger partial charge in [0.05, 0.1) is 36.7 Å². The molecule has 0 saturated carbocycles. The van der Waals surface area contributed by atoms with Gasteiger partial charge in [-0.1, -0.05) is 24.3 Å². The van der Waals surface area contributed by atoms with E-state index in [4.69, 9.17) is 4.74 Å². The van der Waals surface area contributed by atoms with E-state index in [1.807, 2.05) is 18.2 Å². The van der Waals surface area contributed by atoms with Gasteiger partial charge in [-0.05, 0) is 55.7 Å². The second kappa shape index (κ2) is 9.85. The number of aromatic amines is 1. The lowest BCUT2D eigenvalue weighted by atomic mass is 9.96. The van der Waals surface area contributed by atoms with Gasteiger partial charge in [0, 0.05) is 27.9 Å². The lowest BCUT2D eigenvalue weighted by Crippen LogP contribution is -2.19. The van der Waals surface area contributed by atoms with Crippen molar-refractivity contribution < 1.29 is 24.1 Å². The zero-order valence-electron chi connectivity index (χ0n) is 20.5. The summed E-state index contributed by atoms with van der Waals surface area (Å²) in [5.41, 5.74) is 3.66. The quantitative estimate of drug-likeness (QED) is 0.307. The molecule has 8 nitrogen and oxygen atoms in total. The molecule has 4 N–H and O–H groups in total.